The molecule has 104 valence electrons. The molecule has 0 aliphatic rings. The monoisotopic (exact) mass is 259 g/mol. The van der Waals surface area contributed by atoms with Gasteiger partial charge < -0.3 is 10.2 Å². The van der Waals surface area contributed by atoms with E-state index in [9.17, 15) is 0 Å². The first kappa shape index (κ1) is 15.3. The number of rotatable bonds is 7. The topological polar surface area (TPSA) is 27.6 Å². The van der Waals surface area contributed by atoms with Crippen molar-refractivity contribution < 1.29 is 0 Å². The zero-order chi connectivity index (χ0) is 13.9. The van der Waals surface area contributed by atoms with Gasteiger partial charge in [-0.05, 0) is 24.8 Å². The SMILES string of the molecule is C=CCCCN(C)C(=NC)NCCc1ccccc1. The lowest BCUT2D eigenvalue weighted by atomic mass is 10.1. The summed E-state index contributed by atoms with van der Waals surface area (Å²) in [7, 11) is 3.90. The van der Waals surface area contributed by atoms with E-state index in [0.717, 1.165) is 38.3 Å². The summed E-state index contributed by atoms with van der Waals surface area (Å²) in [5.74, 6) is 0.958. The Labute approximate surface area is 117 Å². The number of allylic oxidation sites excluding steroid dienone is 1. The van der Waals surface area contributed by atoms with E-state index in [4.69, 9.17) is 0 Å². The van der Waals surface area contributed by atoms with Crippen LogP contribution in [-0.2, 0) is 6.42 Å². The van der Waals surface area contributed by atoms with Gasteiger partial charge in [0.15, 0.2) is 5.96 Å². The third-order valence-electron chi connectivity index (χ3n) is 3.01. The quantitative estimate of drug-likeness (QED) is 0.353. The molecule has 1 N–H and O–H groups in total. The molecular weight excluding hydrogens is 234 g/mol. The Kier molecular flexibility index (Phi) is 7.40. The summed E-state index contributed by atoms with van der Waals surface area (Å²) in [5, 5.41) is 3.39. The number of unbranched alkanes of at least 4 members (excludes halogenated alkanes) is 1. The second-order valence-corrected chi connectivity index (χ2v) is 4.56. The Morgan fingerprint density at radius 2 is 2.11 bits per heavy atom. The maximum absolute atomic E-state index is 4.30. The molecule has 0 saturated carbocycles. The predicted octanol–water partition coefficient (Wildman–Crippen LogP) is 2.70. The number of benzene rings is 1. The van der Waals surface area contributed by atoms with E-state index >= 15 is 0 Å². The van der Waals surface area contributed by atoms with Crippen LogP contribution in [0.1, 0.15) is 18.4 Å². The van der Waals surface area contributed by atoms with Crippen molar-refractivity contribution in [3.05, 3.63) is 48.6 Å². The summed E-state index contributed by atoms with van der Waals surface area (Å²) in [6.07, 6.45) is 5.13. The van der Waals surface area contributed by atoms with Gasteiger partial charge in [-0.1, -0.05) is 36.4 Å². The highest BCUT2D eigenvalue weighted by atomic mass is 15.3. The van der Waals surface area contributed by atoms with Crippen LogP contribution in [0.25, 0.3) is 0 Å². The van der Waals surface area contributed by atoms with Crippen LogP contribution in [0.15, 0.2) is 48.0 Å². The Hall–Kier alpha value is -1.77. The van der Waals surface area contributed by atoms with Crippen molar-refractivity contribution in [1.82, 2.24) is 10.2 Å². The van der Waals surface area contributed by atoms with Gasteiger partial charge in [0, 0.05) is 27.2 Å². The van der Waals surface area contributed by atoms with E-state index in [1.807, 2.05) is 19.2 Å². The summed E-state index contributed by atoms with van der Waals surface area (Å²) >= 11 is 0. The van der Waals surface area contributed by atoms with E-state index < -0.39 is 0 Å². The largest absolute Gasteiger partial charge is 0.356 e. The van der Waals surface area contributed by atoms with Crippen LogP contribution in [0.5, 0.6) is 0 Å². The summed E-state index contributed by atoms with van der Waals surface area (Å²) in [6.45, 7) is 5.64. The fourth-order valence-corrected chi connectivity index (χ4v) is 1.93. The van der Waals surface area contributed by atoms with Gasteiger partial charge in [0.05, 0.1) is 0 Å². The van der Waals surface area contributed by atoms with Gasteiger partial charge >= 0.3 is 0 Å². The van der Waals surface area contributed by atoms with Crippen LogP contribution in [0, 0.1) is 0 Å². The molecule has 0 radical (unpaired) electrons. The molecule has 1 aromatic rings. The Balaban J connectivity index is 2.30. The van der Waals surface area contributed by atoms with Gasteiger partial charge in [-0.3, -0.25) is 4.99 Å². The van der Waals surface area contributed by atoms with Crippen molar-refractivity contribution in [2.45, 2.75) is 19.3 Å². The first-order chi connectivity index (χ1) is 9.27. The van der Waals surface area contributed by atoms with Gasteiger partial charge in [-0.25, -0.2) is 0 Å². The average molecular weight is 259 g/mol. The highest BCUT2D eigenvalue weighted by molar-refractivity contribution is 5.79. The number of nitrogens with zero attached hydrogens (tertiary/aromatic N) is 2. The molecule has 0 heterocycles. The fourth-order valence-electron chi connectivity index (χ4n) is 1.93. The minimum absolute atomic E-state index is 0.905. The van der Waals surface area contributed by atoms with Crippen LogP contribution in [0.2, 0.25) is 0 Å². The normalized spacial score (nSPS) is 11.2. The maximum Gasteiger partial charge on any atom is 0.193 e. The molecular formula is C16H25N3. The van der Waals surface area contributed by atoms with Gasteiger partial charge in [-0.2, -0.15) is 0 Å². The molecule has 0 spiro atoms. The third-order valence-corrected chi connectivity index (χ3v) is 3.01. The molecule has 0 amide bonds. The molecule has 0 aliphatic heterocycles. The van der Waals surface area contributed by atoms with Crippen molar-refractivity contribution in [3.8, 4) is 0 Å². The van der Waals surface area contributed by atoms with Crippen molar-refractivity contribution in [1.29, 1.82) is 0 Å². The molecule has 0 bridgehead atoms. The molecule has 1 aromatic carbocycles. The van der Waals surface area contributed by atoms with Gasteiger partial charge in [-0.15, -0.1) is 6.58 Å². The van der Waals surface area contributed by atoms with Crippen molar-refractivity contribution in [2.75, 3.05) is 27.2 Å². The van der Waals surface area contributed by atoms with E-state index in [1.54, 1.807) is 0 Å². The second-order valence-electron chi connectivity index (χ2n) is 4.56. The first-order valence-electron chi connectivity index (χ1n) is 6.84. The smallest absolute Gasteiger partial charge is 0.193 e. The van der Waals surface area contributed by atoms with E-state index in [1.165, 1.54) is 5.56 Å². The number of hydrogen-bond acceptors (Lipinski definition) is 1. The van der Waals surface area contributed by atoms with E-state index in [2.05, 4.69) is 53.1 Å². The third kappa shape index (κ3) is 6.09. The van der Waals surface area contributed by atoms with Gasteiger partial charge in [0.1, 0.15) is 0 Å². The second kappa shape index (κ2) is 9.20. The Bertz CT molecular complexity index is 384. The van der Waals surface area contributed by atoms with Gasteiger partial charge in [0.25, 0.3) is 0 Å². The van der Waals surface area contributed by atoms with Crippen LogP contribution in [0.4, 0.5) is 0 Å². The number of guanidine groups is 1. The maximum atomic E-state index is 4.30. The molecule has 0 atom stereocenters. The molecule has 0 fully saturated rings. The molecule has 0 unspecified atom stereocenters. The molecule has 3 nitrogen and oxygen atoms in total. The van der Waals surface area contributed by atoms with Crippen molar-refractivity contribution >= 4 is 5.96 Å². The van der Waals surface area contributed by atoms with Crippen molar-refractivity contribution in [3.63, 3.8) is 0 Å². The van der Waals surface area contributed by atoms with Crippen LogP contribution in [0.3, 0.4) is 0 Å². The van der Waals surface area contributed by atoms with Crippen LogP contribution in [-0.4, -0.2) is 38.0 Å². The molecule has 1 rings (SSSR count). The zero-order valence-electron chi connectivity index (χ0n) is 12.1. The van der Waals surface area contributed by atoms with E-state index in [-0.39, 0.29) is 0 Å². The number of aliphatic imine (C=N–C) groups is 1. The lowest BCUT2D eigenvalue weighted by Gasteiger charge is -2.21. The minimum Gasteiger partial charge on any atom is -0.356 e. The fraction of sp³-hybridized carbons (Fsp3) is 0.438. The number of nitrogens with one attached hydrogen (secondary N) is 1. The standard InChI is InChI=1S/C16H25N3/c1-4-5-9-14-19(3)16(17-2)18-13-12-15-10-7-6-8-11-15/h4,6-8,10-11H,1,5,9,12-14H2,2-3H3,(H,17,18). The highest BCUT2D eigenvalue weighted by Crippen LogP contribution is 1.99. The van der Waals surface area contributed by atoms with Gasteiger partial charge in [0.2, 0.25) is 0 Å². The average Bonchev–Trinajstić information content (AvgIpc) is 2.45. The van der Waals surface area contributed by atoms with Crippen molar-refractivity contribution in [2.24, 2.45) is 4.99 Å². The van der Waals surface area contributed by atoms with E-state index in [0.29, 0.717) is 0 Å². The zero-order valence-corrected chi connectivity index (χ0v) is 12.1. The lowest BCUT2D eigenvalue weighted by Crippen LogP contribution is -2.40. The number of hydrogen-bond donors (Lipinski definition) is 1. The lowest BCUT2D eigenvalue weighted by molar-refractivity contribution is 0.470. The highest BCUT2D eigenvalue weighted by Gasteiger charge is 2.04. The van der Waals surface area contributed by atoms with Crippen LogP contribution >= 0.6 is 0 Å². The molecule has 0 aromatic heterocycles. The molecule has 0 aliphatic carbocycles. The molecule has 3 heteroatoms. The first-order valence-corrected chi connectivity index (χ1v) is 6.84. The summed E-state index contributed by atoms with van der Waals surface area (Å²) in [5.41, 5.74) is 1.35. The predicted molar refractivity (Wildman–Crippen MR) is 83.6 cm³/mol. The Morgan fingerprint density at radius 1 is 1.37 bits per heavy atom. The van der Waals surface area contributed by atoms with Crippen LogP contribution < -0.4 is 5.32 Å². The minimum atomic E-state index is 0.905. The molecule has 0 saturated heterocycles. The Morgan fingerprint density at radius 3 is 2.74 bits per heavy atom. The molecule has 19 heavy (non-hydrogen) atoms. The summed E-state index contributed by atoms with van der Waals surface area (Å²) < 4.78 is 0. The summed E-state index contributed by atoms with van der Waals surface area (Å²) in [6, 6.07) is 10.5. The summed E-state index contributed by atoms with van der Waals surface area (Å²) in [4.78, 5) is 6.46.